The largest absolute Gasteiger partial charge is 0.361 e. The lowest BCUT2D eigenvalue weighted by molar-refractivity contribution is -0.121. The molecule has 1 amide bonds. The monoisotopic (exact) mass is 445 g/mol. The number of aryl methyl sites for hydroxylation is 1. The maximum atomic E-state index is 12.9. The van der Waals surface area contributed by atoms with Gasteiger partial charge in [-0.1, -0.05) is 31.0 Å². The quantitative estimate of drug-likeness (QED) is 0.576. The fourth-order valence-electron chi connectivity index (χ4n) is 3.86. The number of carbonyl (C=O) groups excluding carboxylic acids is 1. The van der Waals surface area contributed by atoms with E-state index in [-0.39, 0.29) is 5.91 Å². The van der Waals surface area contributed by atoms with E-state index in [2.05, 4.69) is 16.4 Å². The Balaban J connectivity index is 1.31. The summed E-state index contributed by atoms with van der Waals surface area (Å²) in [4.78, 5) is 16.4. The van der Waals surface area contributed by atoms with Crippen LogP contribution in [0.25, 0.3) is 10.9 Å². The first kappa shape index (κ1) is 21.1. The summed E-state index contributed by atoms with van der Waals surface area (Å²) in [6.07, 6.45) is 7.03. The van der Waals surface area contributed by atoms with Gasteiger partial charge >= 0.3 is 0 Å². The highest BCUT2D eigenvalue weighted by Crippen LogP contribution is 2.27. The van der Waals surface area contributed by atoms with Crippen molar-refractivity contribution in [2.24, 2.45) is 0 Å². The van der Waals surface area contributed by atoms with Crippen molar-refractivity contribution in [1.29, 1.82) is 0 Å². The SMILES string of the molecule is O=C(CCc1c[nH]c2ccccc12)NCc1ccc(S(=O)(=O)N2CCCCCC2)s1. The minimum Gasteiger partial charge on any atom is -0.361 e. The molecule has 30 heavy (non-hydrogen) atoms. The molecule has 1 aromatic carbocycles. The highest BCUT2D eigenvalue weighted by molar-refractivity contribution is 7.91. The maximum Gasteiger partial charge on any atom is 0.252 e. The van der Waals surface area contributed by atoms with Crippen molar-refractivity contribution in [3.8, 4) is 0 Å². The van der Waals surface area contributed by atoms with Gasteiger partial charge in [0, 0.05) is 41.5 Å². The fourth-order valence-corrected chi connectivity index (χ4v) is 6.83. The van der Waals surface area contributed by atoms with Crippen molar-refractivity contribution in [3.63, 3.8) is 0 Å². The van der Waals surface area contributed by atoms with Crippen LogP contribution in [0, 0.1) is 0 Å². The molecule has 1 fully saturated rings. The lowest BCUT2D eigenvalue weighted by Crippen LogP contribution is -2.31. The molecule has 3 heterocycles. The predicted octanol–water partition coefficient (Wildman–Crippen LogP) is 4.04. The molecular weight excluding hydrogens is 418 g/mol. The molecule has 1 saturated heterocycles. The second-order valence-corrected chi connectivity index (χ2v) is 11.0. The Morgan fingerprint density at radius 2 is 1.83 bits per heavy atom. The van der Waals surface area contributed by atoms with Crippen molar-refractivity contribution >= 4 is 38.2 Å². The van der Waals surface area contributed by atoms with E-state index < -0.39 is 10.0 Å². The van der Waals surface area contributed by atoms with Crippen LogP contribution in [0.2, 0.25) is 0 Å². The van der Waals surface area contributed by atoms with Gasteiger partial charge in [-0.2, -0.15) is 4.31 Å². The first-order chi connectivity index (χ1) is 14.5. The average molecular weight is 446 g/mol. The molecule has 0 spiro atoms. The van der Waals surface area contributed by atoms with E-state index in [0.717, 1.165) is 47.0 Å². The van der Waals surface area contributed by atoms with Crippen LogP contribution in [-0.2, 0) is 27.8 Å². The van der Waals surface area contributed by atoms with Crippen LogP contribution >= 0.6 is 11.3 Å². The Morgan fingerprint density at radius 3 is 2.63 bits per heavy atom. The lowest BCUT2D eigenvalue weighted by atomic mass is 10.1. The first-order valence-corrected chi connectivity index (χ1v) is 12.7. The van der Waals surface area contributed by atoms with Gasteiger partial charge in [0.1, 0.15) is 4.21 Å². The standard InChI is InChI=1S/C22H27N3O3S2/c26-21(11-9-17-15-23-20-8-4-3-7-19(17)20)24-16-18-10-12-22(29-18)30(27,28)25-13-5-1-2-6-14-25/h3-4,7-8,10,12,15,23H,1-2,5-6,9,11,13-14,16H2,(H,24,26). The molecule has 0 aliphatic carbocycles. The minimum atomic E-state index is -3.43. The highest BCUT2D eigenvalue weighted by atomic mass is 32.2. The first-order valence-electron chi connectivity index (χ1n) is 10.4. The van der Waals surface area contributed by atoms with Gasteiger partial charge < -0.3 is 10.3 Å². The zero-order valence-electron chi connectivity index (χ0n) is 16.9. The molecule has 0 bridgehead atoms. The molecule has 0 saturated carbocycles. The minimum absolute atomic E-state index is 0.0365. The van der Waals surface area contributed by atoms with Gasteiger partial charge in [-0.3, -0.25) is 4.79 Å². The van der Waals surface area contributed by atoms with Gasteiger partial charge in [-0.05, 0) is 43.0 Å². The molecule has 1 aliphatic heterocycles. The molecule has 0 unspecified atom stereocenters. The molecule has 1 aliphatic rings. The zero-order chi connectivity index (χ0) is 21.0. The van der Waals surface area contributed by atoms with Gasteiger partial charge in [-0.25, -0.2) is 8.42 Å². The van der Waals surface area contributed by atoms with Crippen LogP contribution in [0.3, 0.4) is 0 Å². The van der Waals surface area contributed by atoms with E-state index in [1.54, 1.807) is 16.4 Å². The molecule has 4 rings (SSSR count). The number of para-hydroxylation sites is 1. The van der Waals surface area contributed by atoms with Crippen molar-refractivity contribution in [3.05, 3.63) is 53.0 Å². The van der Waals surface area contributed by atoms with E-state index in [1.165, 1.54) is 11.3 Å². The number of hydrogen-bond donors (Lipinski definition) is 2. The topological polar surface area (TPSA) is 82.3 Å². The Kier molecular flexibility index (Phi) is 6.55. The third-order valence-corrected chi connectivity index (χ3v) is 9.00. The summed E-state index contributed by atoms with van der Waals surface area (Å²) in [7, 11) is -3.43. The number of rotatable bonds is 7. The van der Waals surface area contributed by atoms with E-state index in [1.807, 2.05) is 24.4 Å². The number of thiophene rings is 1. The Bertz CT molecular complexity index is 1110. The Labute approximate surface area is 181 Å². The molecule has 2 N–H and O–H groups in total. The number of hydrogen-bond acceptors (Lipinski definition) is 4. The summed E-state index contributed by atoms with van der Waals surface area (Å²) in [5.41, 5.74) is 2.20. The summed E-state index contributed by atoms with van der Waals surface area (Å²) in [5, 5.41) is 4.06. The van der Waals surface area contributed by atoms with E-state index in [9.17, 15) is 13.2 Å². The number of benzene rings is 1. The van der Waals surface area contributed by atoms with Gasteiger partial charge in [-0.15, -0.1) is 11.3 Å². The molecule has 3 aromatic rings. The fraction of sp³-hybridized carbons (Fsp3) is 0.409. The molecule has 0 atom stereocenters. The number of aromatic nitrogens is 1. The number of carbonyl (C=O) groups is 1. The molecule has 8 heteroatoms. The summed E-state index contributed by atoms with van der Waals surface area (Å²) in [6.45, 7) is 1.55. The van der Waals surface area contributed by atoms with E-state index in [4.69, 9.17) is 0 Å². The van der Waals surface area contributed by atoms with E-state index in [0.29, 0.717) is 36.7 Å². The molecular formula is C22H27N3O3S2. The summed E-state index contributed by atoms with van der Waals surface area (Å²) < 4.78 is 27.7. The lowest BCUT2D eigenvalue weighted by Gasteiger charge is -2.18. The second kappa shape index (κ2) is 9.32. The number of nitrogens with zero attached hydrogens (tertiary/aromatic N) is 1. The predicted molar refractivity (Wildman–Crippen MR) is 120 cm³/mol. The Morgan fingerprint density at radius 1 is 1.07 bits per heavy atom. The number of sulfonamides is 1. The third-order valence-electron chi connectivity index (χ3n) is 5.55. The number of aromatic amines is 1. The van der Waals surface area contributed by atoms with Crippen LogP contribution in [0.5, 0.6) is 0 Å². The van der Waals surface area contributed by atoms with Crippen LogP contribution in [-0.4, -0.2) is 36.7 Å². The summed E-state index contributed by atoms with van der Waals surface area (Å²) >= 11 is 1.25. The average Bonchev–Trinajstić information content (AvgIpc) is 3.30. The number of nitrogens with one attached hydrogen (secondary N) is 2. The Hall–Kier alpha value is -2.16. The zero-order valence-corrected chi connectivity index (χ0v) is 18.5. The van der Waals surface area contributed by atoms with Crippen molar-refractivity contribution in [1.82, 2.24) is 14.6 Å². The number of H-pyrrole nitrogens is 1. The highest BCUT2D eigenvalue weighted by Gasteiger charge is 2.26. The van der Waals surface area contributed by atoms with Gasteiger partial charge in [0.2, 0.25) is 5.91 Å². The van der Waals surface area contributed by atoms with Crippen molar-refractivity contribution in [2.45, 2.75) is 49.3 Å². The molecule has 2 aromatic heterocycles. The number of fused-ring (bicyclic) bond motifs is 1. The van der Waals surface area contributed by atoms with Crippen LogP contribution in [0.1, 0.15) is 42.5 Å². The van der Waals surface area contributed by atoms with Crippen molar-refractivity contribution in [2.75, 3.05) is 13.1 Å². The van der Waals surface area contributed by atoms with E-state index >= 15 is 0 Å². The normalized spacial score (nSPS) is 15.9. The van der Waals surface area contributed by atoms with Gasteiger partial charge in [0.15, 0.2) is 0 Å². The molecule has 0 radical (unpaired) electrons. The summed E-state index contributed by atoms with van der Waals surface area (Å²) in [5.74, 6) is -0.0365. The summed E-state index contributed by atoms with van der Waals surface area (Å²) in [6, 6.07) is 11.5. The maximum absolute atomic E-state index is 12.9. The van der Waals surface area contributed by atoms with Crippen molar-refractivity contribution < 1.29 is 13.2 Å². The van der Waals surface area contributed by atoms with Gasteiger partial charge in [0.05, 0.1) is 6.54 Å². The van der Waals surface area contributed by atoms with Gasteiger partial charge in [0.25, 0.3) is 10.0 Å². The second-order valence-electron chi connectivity index (χ2n) is 7.68. The van der Waals surface area contributed by atoms with Crippen LogP contribution < -0.4 is 5.32 Å². The smallest absolute Gasteiger partial charge is 0.252 e. The van der Waals surface area contributed by atoms with Crippen LogP contribution in [0.4, 0.5) is 0 Å². The number of amides is 1. The third kappa shape index (κ3) is 4.77. The van der Waals surface area contributed by atoms with Crippen LogP contribution in [0.15, 0.2) is 46.8 Å². The molecule has 6 nitrogen and oxygen atoms in total. The molecule has 160 valence electrons.